The molecule has 1 heterocycles. The van der Waals surface area contributed by atoms with Crippen LogP contribution in [-0.4, -0.2) is 61.7 Å². The Morgan fingerprint density at radius 1 is 1.20 bits per heavy atom. The van der Waals surface area contributed by atoms with Crippen LogP contribution in [-0.2, 0) is 0 Å². The van der Waals surface area contributed by atoms with Crippen LogP contribution < -0.4 is 5.32 Å². The van der Waals surface area contributed by atoms with Gasteiger partial charge in [-0.05, 0) is 71.2 Å². The van der Waals surface area contributed by atoms with Gasteiger partial charge in [0.25, 0.3) is 0 Å². The van der Waals surface area contributed by atoms with Crippen molar-refractivity contribution >= 4 is 0 Å². The van der Waals surface area contributed by atoms with Crippen molar-refractivity contribution < 1.29 is 0 Å². The standard InChI is InChI=1S/C17H35N3/c1-6-11-18-16-15(7-10-17(16,2)3)20(5)14-8-12-19(4)13-9-14/h14-16,18H,6-13H2,1-5H3. The Balaban J connectivity index is 1.98. The van der Waals surface area contributed by atoms with Crippen LogP contribution in [0.3, 0.4) is 0 Å². The fraction of sp³-hybridized carbons (Fsp3) is 1.00. The summed E-state index contributed by atoms with van der Waals surface area (Å²) in [6.45, 7) is 10.8. The Kier molecular flexibility index (Phi) is 5.49. The summed E-state index contributed by atoms with van der Waals surface area (Å²) in [4.78, 5) is 5.19. The predicted molar refractivity (Wildman–Crippen MR) is 87.2 cm³/mol. The first-order valence-electron chi connectivity index (χ1n) is 8.59. The summed E-state index contributed by atoms with van der Waals surface area (Å²) >= 11 is 0. The lowest BCUT2D eigenvalue weighted by Gasteiger charge is -2.42. The lowest BCUT2D eigenvalue weighted by atomic mass is 9.85. The predicted octanol–water partition coefficient (Wildman–Crippen LogP) is 2.57. The van der Waals surface area contributed by atoms with Crippen molar-refractivity contribution in [2.24, 2.45) is 5.41 Å². The van der Waals surface area contributed by atoms with Crippen molar-refractivity contribution in [2.75, 3.05) is 33.7 Å². The lowest BCUT2D eigenvalue weighted by Crippen LogP contribution is -2.55. The normalized spacial score (nSPS) is 32.1. The zero-order valence-corrected chi connectivity index (χ0v) is 14.3. The largest absolute Gasteiger partial charge is 0.312 e. The minimum atomic E-state index is 0.444. The van der Waals surface area contributed by atoms with Crippen molar-refractivity contribution in [3.63, 3.8) is 0 Å². The summed E-state index contributed by atoms with van der Waals surface area (Å²) in [7, 11) is 4.63. The van der Waals surface area contributed by atoms with Crippen LogP contribution >= 0.6 is 0 Å². The molecule has 1 aliphatic heterocycles. The van der Waals surface area contributed by atoms with E-state index in [1.54, 1.807) is 0 Å². The number of nitrogens with one attached hydrogen (secondary N) is 1. The van der Waals surface area contributed by atoms with E-state index in [0.29, 0.717) is 11.5 Å². The van der Waals surface area contributed by atoms with E-state index in [-0.39, 0.29) is 0 Å². The zero-order chi connectivity index (χ0) is 14.8. The van der Waals surface area contributed by atoms with Crippen molar-refractivity contribution in [3.05, 3.63) is 0 Å². The molecule has 1 N–H and O–H groups in total. The number of hydrogen-bond donors (Lipinski definition) is 1. The van der Waals surface area contributed by atoms with Gasteiger partial charge in [-0.3, -0.25) is 4.90 Å². The third kappa shape index (κ3) is 3.55. The highest BCUT2D eigenvalue weighted by Crippen LogP contribution is 2.40. The molecule has 2 unspecified atom stereocenters. The van der Waals surface area contributed by atoms with Gasteiger partial charge >= 0.3 is 0 Å². The monoisotopic (exact) mass is 281 g/mol. The van der Waals surface area contributed by atoms with Crippen molar-refractivity contribution in [2.45, 2.75) is 71.0 Å². The van der Waals surface area contributed by atoms with Crippen molar-refractivity contribution in [1.29, 1.82) is 0 Å². The molecular formula is C17H35N3. The summed E-state index contributed by atoms with van der Waals surface area (Å²) < 4.78 is 0. The Hall–Kier alpha value is -0.120. The van der Waals surface area contributed by atoms with E-state index in [1.165, 1.54) is 45.2 Å². The van der Waals surface area contributed by atoms with Gasteiger partial charge < -0.3 is 10.2 Å². The topological polar surface area (TPSA) is 18.5 Å². The van der Waals surface area contributed by atoms with Gasteiger partial charge in [0.05, 0.1) is 0 Å². The molecular weight excluding hydrogens is 246 g/mol. The van der Waals surface area contributed by atoms with Gasteiger partial charge in [0.15, 0.2) is 0 Å². The molecule has 0 aromatic heterocycles. The molecule has 1 saturated heterocycles. The van der Waals surface area contributed by atoms with Gasteiger partial charge in [0, 0.05) is 18.1 Å². The minimum Gasteiger partial charge on any atom is -0.312 e. The molecule has 2 rings (SSSR count). The molecule has 0 radical (unpaired) electrons. The summed E-state index contributed by atoms with van der Waals surface area (Å²) in [5, 5.41) is 3.85. The Morgan fingerprint density at radius 3 is 2.45 bits per heavy atom. The molecule has 2 atom stereocenters. The lowest BCUT2D eigenvalue weighted by molar-refractivity contribution is 0.0850. The number of piperidine rings is 1. The van der Waals surface area contributed by atoms with Gasteiger partial charge in [-0.15, -0.1) is 0 Å². The average Bonchev–Trinajstić information content (AvgIpc) is 2.71. The van der Waals surface area contributed by atoms with Crippen molar-refractivity contribution in [1.82, 2.24) is 15.1 Å². The van der Waals surface area contributed by atoms with E-state index >= 15 is 0 Å². The molecule has 0 aromatic rings. The van der Waals surface area contributed by atoms with Crippen LogP contribution in [0.25, 0.3) is 0 Å². The molecule has 0 aromatic carbocycles. The molecule has 1 aliphatic carbocycles. The average molecular weight is 281 g/mol. The Labute approximate surface area is 126 Å². The third-order valence-electron chi connectivity index (χ3n) is 5.71. The van der Waals surface area contributed by atoms with E-state index in [9.17, 15) is 0 Å². The van der Waals surface area contributed by atoms with Gasteiger partial charge in [-0.2, -0.15) is 0 Å². The van der Waals surface area contributed by atoms with Gasteiger partial charge in [-0.1, -0.05) is 20.8 Å². The van der Waals surface area contributed by atoms with Crippen LogP contribution in [0.5, 0.6) is 0 Å². The molecule has 1 saturated carbocycles. The molecule has 2 fully saturated rings. The summed E-state index contributed by atoms with van der Waals surface area (Å²) in [6.07, 6.45) is 6.62. The molecule has 20 heavy (non-hydrogen) atoms. The maximum atomic E-state index is 3.85. The van der Waals surface area contributed by atoms with Crippen LogP contribution in [0.1, 0.15) is 52.9 Å². The Bertz CT molecular complexity index is 295. The molecule has 118 valence electrons. The van der Waals surface area contributed by atoms with Crippen LogP contribution in [0, 0.1) is 5.41 Å². The fourth-order valence-electron chi connectivity index (χ4n) is 4.19. The minimum absolute atomic E-state index is 0.444. The molecule has 0 spiro atoms. The quantitative estimate of drug-likeness (QED) is 0.835. The second-order valence-electron chi connectivity index (χ2n) is 7.73. The second-order valence-corrected chi connectivity index (χ2v) is 7.73. The van der Waals surface area contributed by atoms with E-state index < -0.39 is 0 Å². The van der Waals surface area contributed by atoms with Gasteiger partial charge in [0.2, 0.25) is 0 Å². The highest BCUT2D eigenvalue weighted by atomic mass is 15.2. The second kappa shape index (κ2) is 6.76. The highest BCUT2D eigenvalue weighted by molar-refractivity contribution is 5.01. The van der Waals surface area contributed by atoms with Gasteiger partial charge in [0.1, 0.15) is 0 Å². The summed E-state index contributed by atoms with van der Waals surface area (Å²) in [5.41, 5.74) is 0.444. The van der Waals surface area contributed by atoms with E-state index in [2.05, 4.69) is 50.0 Å². The first-order valence-corrected chi connectivity index (χ1v) is 8.59. The molecule has 2 aliphatic rings. The number of rotatable bonds is 5. The maximum absolute atomic E-state index is 3.85. The SMILES string of the molecule is CCCNC1C(N(C)C2CCN(C)CC2)CCC1(C)C. The van der Waals surface area contributed by atoms with Crippen molar-refractivity contribution in [3.8, 4) is 0 Å². The number of likely N-dealkylation sites (tertiary alicyclic amines) is 1. The first kappa shape index (κ1) is 16.3. The van der Waals surface area contributed by atoms with E-state index in [4.69, 9.17) is 0 Å². The van der Waals surface area contributed by atoms with E-state index in [1.807, 2.05) is 0 Å². The smallest absolute Gasteiger partial charge is 0.0274 e. The molecule has 3 nitrogen and oxygen atoms in total. The number of nitrogens with zero attached hydrogens (tertiary/aromatic N) is 2. The number of likely N-dealkylation sites (N-methyl/N-ethyl adjacent to an activating group) is 1. The summed E-state index contributed by atoms with van der Waals surface area (Å²) in [5.74, 6) is 0. The van der Waals surface area contributed by atoms with E-state index in [0.717, 1.165) is 18.6 Å². The zero-order valence-electron chi connectivity index (χ0n) is 14.3. The van der Waals surface area contributed by atoms with Crippen LogP contribution in [0.4, 0.5) is 0 Å². The van der Waals surface area contributed by atoms with Crippen LogP contribution in [0.2, 0.25) is 0 Å². The number of hydrogen-bond acceptors (Lipinski definition) is 3. The van der Waals surface area contributed by atoms with Crippen LogP contribution in [0.15, 0.2) is 0 Å². The fourth-order valence-corrected chi connectivity index (χ4v) is 4.19. The molecule has 0 bridgehead atoms. The summed E-state index contributed by atoms with van der Waals surface area (Å²) in [6, 6.07) is 2.17. The molecule has 3 heteroatoms. The van der Waals surface area contributed by atoms with Gasteiger partial charge in [-0.25, -0.2) is 0 Å². The maximum Gasteiger partial charge on any atom is 0.0274 e. The third-order valence-corrected chi connectivity index (χ3v) is 5.71. The first-order chi connectivity index (χ1) is 9.45. The Morgan fingerprint density at radius 2 is 1.85 bits per heavy atom. The molecule has 0 amide bonds. The highest BCUT2D eigenvalue weighted by Gasteiger charge is 2.44.